The minimum atomic E-state index is -4.76. The smallest absolute Gasteiger partial charge is 0.466 e. The van der Waals surface area contributed by atoms with Crippen LogP contribution in [0.5, 0.6) is 5.75 Å². The Hall–Kier alpha value is -2.97. The van der Waals surface area contributed by atoms with Crippen LogP contribution in [0, 0.1) is 13.8 Å². The van der Waals surface area contributed by atoms with Gasteiger partial charge in [0.1, 0.15) is 17.3 Å². The van der Waals surface area contributed by atoms with Crippen molar-refractivity contribution in [3.63, 3.8) is 0 Å². The number of carbonyl (C=O) groups excluding carboxylic acids is 2. The van der Waals surface area contributed by atoms with Crippen molar-refractivity contribution in [2.24, 2.45) is 0 Å². The molecule has 27 heavy (non-hydrogen) atoms. The van der Waals surface area contributed by atoms with Crippen molar-refractivity contribution < 1.29 is 31.9 Å². The Morgan fingerprint density at radius 2 is 1.81 bits per heavy atom. The number of benzene rings is 1. The van der Waals surface area contributed by atoms with E-state index in [2.05, 4.69) is 15.4 Å². The summed E-state index contributed by atoms with van der Waals surface area (Å²) in [6, 6.07) is 6.28. The van der Waals surface area contributed by atoms with E-state index in [0.29, 0.717) is 22.6 Å². The zero-order valence-electron chi connectivity index (χ0n) is 14.9. The summed E-state index contributed by atoms with van der Waals surface area (Å²) in [5.41, 5.74) is 0.944. The van der Waals surface area contributed by atoms with Crippen LogP contribution >= 0.6 is 0 Å². The van der Waals surface area contributed by atoms with Crippen molar-refractivity contribution in [2.45, 2.75) is 33.2 Å². The van der Waals surface area contributed by atoms with Crippen molar-refractivity contribution in [1.29, 1.82) is 0 Å². The molecule has 9 heteroatoms. The molecule has 2 N–H and O–H groups in total. The van der Waals surface area contributed by atoms with Gasteiger partial charge in [-0.3, -0.25) is 9.59 Å². The Balaban J connectivity index is 1.86. The normalized spacial score (nSPS) is 12.4. The molecule has 0 aliphatic rings. The van der Waals surface area contributed by atoms with E-state index in [1.54, 1.807) is 26.8 Å². The number of furan rings is 1. The van der Waals surface area contributed by atoms with Crippen molar-refractivity contribution in [2.75, 3.05) is 6.54 Å². The summed E-state index contributed by atoms with van der Waals surface area (Å²) in [6.07, 6.45) is -4.76. The summed E-state index contributed by atoms with van der Waals surface area (Å²) in [6.45, 7) is 4.78. The van der Waals surface area contributed by atoms with Gasteiger partial charge in [-0.15, -0.1) is 13.2 Å². The maximum absolute atomic E-state index is 12.2. The molecule has 1 unspecified atom stereocenters. The molecule has 1 aromatic carbocycles. The van der Waals surface area contributed by atoms with Gasteiger partial charge in [0.05, 0.1) is 18.2 Å². The zero-order chi connectivity index (χ0) is 20.2. The van der Waals surface area contributed by atoms with Crippen LogP contribution in [0.25, 0.3) is 0 Å². The molecule has 0 aliphatic heterocycles. The first-order valence-electron chi connectivity index (χ1n) is 8.05. The van der Waals surface area contributed by atoms with Crippen molar-refractivity contribution in [1.82, 2.24) is 10.6 Å². The van der Waals surface area contributed by atoms with Gasteiger partial charge in [0.2, 0.25) is 5.91 Å². The van der Waals surface area contributed by atoms with Crippen molar-refractivity contribution in [3.05, 3.63) is 53.0 Å². The summed E-state index contributed by atoms with van der Waals surface area (Å²) in [4.78, 5) is 24.0. The highest BCUT2D eigenvalue weighted by Gasteiger charge is 2.31. The van der Waals surface area contributed by atoms with Gasteiger partial charge in [-0.25, -0.2) is 0 Å². The van der Waals surface area contributed by atoms with Crippen molar-refractivity contribution >= 4 is 11.8 Å². The van der Waals surface area contributed by atoms with E-state index in [9.17, 15) is 22.8 Å². The molecule has 0 aliphatic carbocycles. The van der Waals surface area contributed by atoms with Crippen LogP contribution in [-0.2, 0) is 4.79 Å². The topological polar surface area (TPSA) is 80.6 Å². The van der Waals surface area contributed by atoms with E-state index in [4.69, 9.17) is 4.42 Å². The number of carbonyl (C=O) groups is 2. The monoisotopic (exact) mass is 384 g/mol. The minimum absolute atomic E-state index is 0.248. The van der Waals surface area contributed by atoms with E-state index in [-0.39, 0.29) is 12.3 Å². The minimum Gasteiger partial charge on any atom is -0.466 e. The van der Waals surface area contributed by atoms with E-state index in [1.165, 1.54) is 12.1 Å². The lowest BCUT2D eigenvalue weighted by molar-refractivity contribution is -0.274. The fourth-order valence-corrected chi connectivity index (χ4v) is 2.45. The first-order valence-corrected chi connectivity index (χ1v) is 8.05. The molecule has 0 spiro atoms. The van der Waals surface area contributed by atoms with Crippen LogP contribution in [0.4, 0.5) is 13.2 Å². The Kier molecular flexibility index (Phi) is 6.14. The van der Waals surface area contributed by atoms with Gasteiger partial charge in [-0.05, 0) is 44.5 Å². The molecule has 0 saturated heterocycles. The number of amides is 2. The van der Waals surface area contributed by atoms with E-state index < -0.39 is 24.2 Å². The average molecular weight is 384 g/mol. The predicted octanol–water partition coefficient (Wildman–Crippen LogP) is 3.40. The maximum Gasteiger partial charge on any atom is 0.573 e. The third-order valence-electron chi connectivity index (χ3n) is 3.69. The number of aryl methyl sites for hydroxylation is 2. The lowest BCUT2D eigenvalue weighted by Crippen LogP contribution is -2.38. The number of nitrogens with one attached hydrogen (secondary N) is 2. The number of hydrogen-bond acceptors (Lipinski definition) is 4. The molecule has 1 aromatic heterocycles. The molecule has 1 heterocycles. The molecule has 146 valence electrons. The number of rotatable bonds is 6. The highest BCUT2D eigenvalue weighted by atomic mass is 19.4. The van der Waals surface area contributed by atoms with Gasteiger partial charge in [0.25, 0.3) is 5.91 Å². The zero-order valence-corrected chi connectivity index (χ0v) is 14.9. The first-order chi connectivity index (χ1) is 12.5. The second-order valence-corrected chi connectivity index (χ2v) is 5.92. The van der Waals surface area contributed by atoms with E-state index in [1.807, 2.05) is 0 Å². The standard InChI is InChI=1S/C18H19F3N2O4/c1-10-8-15(12(3)26-10)17(25)22-9-16(24)23-11(2)13-4-6-14(7-5-13)27-18(19,20)21/h4-8,11H,9H2,1-3H3,(H,22,25)(H,23,24). The molecular weight excluding hydrogens is 365 g/mol. The van der Waals surface area contributed by atoms with Gasteiger partial charge in [-0.1, -0.05) is 12.1 Å². The molecule has 0 saturated carbocycles. The van der Waals surface area contributed by atoms with Gasteiger partial charge >= 0.3 is 6.36 Å². The van der Waals surface area contributed by atoms with Gasteiger partial charge < -0.3 is 19.8 Å². The Labute approximate surface area is 153 Å². The third-order valence-corrected chi connectivity index (χ3v) is 3.69. The molecule has 0 bridgehead atoms. The van der Waals surface area contributed by atoms with Crippen LogP contribution in [0.2, 0.25) is 0 Å². The van der Waals surface area contributed by atoms with Crippen LogP contribution in [0.3, 0.4) is 0 Å². The Morgan fingerprint density at radius 1 is 1.19 bits per heavy atom. The average Bonchev–Trinajstić information content (AvgIpc) is 2.90. The quantitative estimate of drug-likeness (QED) is 0.800. The summed E-state index contributed by atoms with van der Waals surface area (Å²) in [7, 11) is 0. The van der Waals surface area contributed by atoms with Crippen LogP contribution in [0.15, 0.2) is 34.7 Å². The largest absolute Gasteiger partial charge is 0.573 e. The van der Waals surface area contributed by atoms with Gasteiger partial charge in [0, 0.05) is 0 Å². The van der Waals surface area contributed by atoms with Crippen LogP contribution in [0.1, 0.15) is 40.4 Å². The van der Waals surface area contributed by atoms with Crippen LogP contribution < -0.4 is 15.4 Å². The Bertz CT molecular complexity index is 813. The number of ether oxygens (including phenoxy) is 1. The van der Waals surface area contributed by atoms with Gasteiger partial charge in [0.15, 0.2) is 0 Å². The van der Waals surface area contributed by atoms with Gasteiger partial charge in [-0.2, -0.15) is 0 Å². The fourth-order valence-electron chi connectivity index (χ4n) is 2.45. The van der Waals surface area contributed by atoms with E-state index in [0.717, 1.165) is 12.1 Å². The maximum atomic E-state index is 12.2. The lowest BCUT2D eigenvalue weighted by Gasteiger charge is -2.15. The second-order valence-electron chi connectivity index (χ2n) is 5.92. The summed E-state index contributed by atoms with van der Waals surface area (Å²) >= 11 is 0. The fraction of sp³-hybridized carbons (Fsp3) is 0.333. The number of hydrogen-bond donors (Lipinski definition) is 2. The molecule has 1 atom stereocenters. The van der Waals surface area contributed by atoms with Crippen molar-refractivity contribution in [3.8, 4) is 5.75 Å². The number of alkyl halides is 3. The molecule has 2 amide bonds. The van der Waals surface area contributed by atoms with Crippen LogP contribution in [-0.4, -0.2) is 24.7 Å². The van der Waals surface area contributed by atoms with E-state index >= 15 is 0 Å². The highest BCUT2D eigenvalue weighted by molar-refractivity contribution is 5.97. The molecule has 6 nitrogen and oxygen atoms in total. The first kappa shape index (κ1) is 20.3. The summed E-state index contributed by atoms with van der Waals surface area (Å²) in [5.74, 6) is -0.165. The molecule has 2 aromatic rings. The predicted molar refractivity (Wildman–Crippen MR) is 90.2 cm³/mol. The molecule has 0 radical (unpaired) electrons. The number of halogens is 3. The Morgan fingerprint density at radius 3 is 2.33 bits per heavy atom. The summed E-state index contributed by atoms with van der Waals surface area (Å²) < 4.78 is 45.5. The summed E-state index contributed by atoms with van der Waals surface area (Å²) in [5, 5.41) is 5.14. The SMILES string of the molecule is Cc1cc(C(=O)NCC(=O)NC(C)c2ccc(OC(F)(F)F)cc2)c(C)o1. The highest BCUT2D eigenvalue weighted by Crippen LogP contribution is 2.24. The third kappa shape index (κ3) is 6.05. The lowest BCUT2D eigenvalue weighted by atomic mass is 10.1. The second kappa shape index (κ2) is 8.15. The molecule has 2 rings (SSSR count). The molecule has 0 fully saturated rings. The molecular formula is C18H19F3N2O4.